The smallest absolute Gasteiger partial charge is 0.259 e. The third-order valence-corrected chi connectivity index (χ3v) is 4.34. The molecule has 0 atom stereocenters. The molecule has 29 heavy (non-hydrogen) atoms. The van der Waals surface area contributed by atoms with E-state index in [-0.39, 0.29) is 5.91 Å². The van der Waals surface area contributed by atoms with Crippen LogP contribution in [-0.4, -0.2) is 40.1 Å². The molecule has 1 aliphatic rings. The zero-order valence-corrected chi connectivity index (χ0v) is 15.8. The lowest BCUT2D eigenvalue weighted by Crippen LogP contribution is -2.16. The fraction of sp³-hybridized carbons (Fsp3) is 0.238. The van der Waals surface area contributed by atoms with Gasteiger partial charge in [-0.3, -0.25) is 4.79 Å². The molecule has 0 aliphatic heterocycles. The van der Waals surface area contributed by atoms with Gasteiger partial charge >= 0.3 is 0 Å². The normalized spacial score (nSPS) is 13.0. The number of benzene rings is 1. The number of nitrogens with two attached hydrogens (primary N) is 1. The largest absolute Gasteiger partial charge is 0.490 e. The minimum atomic E-state index is -0.324. The predicted molar refractivity (Wildman–Crippen MR) is 111 cm³/mol. The minimum absolute atomic E-state index is 0.324. The van der Waals surface area contributed by atoms with Crippen molar-refractivity contribution >= 4 is 17.7 Å². The van der Waals surface area contributed by atoms with Crippen LogP contribution in [0.15, 0.2) is 55.0 Å². The van der Waals surface area contributed by atoms with Crippen molar-refractivity contribution < 1.29 is 9.53 Å². The number of nitrogens with one attached hydrogen (secondary N) is 2. The Balaban J connectivity index is 1.39. The standard InChI is InChI=1S/C21H22N6O2/c22-8-9-23-21-25-12-16(13-26-21)20(28)27-19-7-4-15(11-24-19)14-2-1-3-18(10-14)29-17-5-6-17/h1-4,7,10-13,17H,5-6,8-9,22H2,(H,23,25,26)(H,24,27,28). The summed E-state index contributed by atoms with van der Waals surface area (Å²) in [6.07, 6.45) is 7.25. The Labute approximate surface area is 168 Å². The van der Waals surface area contributed by atoms with Gasteiger partial charge in [0.1, 0.15) is 11.6 Å². The summed E-state index contributed by atoms with van der Waals surface area (Å²) in [7, 11) is 0. The molecule has 8 heteroatoms. The van der Waals surface area contributed by atoms with Crippen LogP contribution in [0.3, 0.4) is 0 Å². The molecule has 0 radical (unpaired) electrons. The quantitative estimate of drug-likeness (QED) is 0.542. The van der Waals surface area contributed by atoms with Crippen LogP contribution in [0.1, 0.15) is 23.2 Å². The van der Waals surface area contributed by atoms with Crippen LogP contribution in [0.4, 0.5) is 11.8 Å². The molecule has 148 valence electrons. The molecule has 0 unspecified atom stereocenters. The second kappa shape index (κ2) is 8.66. The van der Waals surface area contributed by atoms with Crippen molar-refractivity contribution in [2.75, 3.05) is 23.7 Å². The van der Waals surface area contributed by atoms with Crippen LogP contribution in [0.2, 0.25) is 0 Å². The van der Waals surface area contributed by atoms with Gasteiger partial charge in [0.15, 0.2) is 0 Å². The number of carbonyl (C=O) groups excluding carboxylic acids is 1. The number of rotatable bonds is 8. The van der Waals surface area contributed by atoms with Crippen molar-refractivity contribution in [3.63, 3.8) is 0 Å². The van der Waals surface area contributed by atoms with Crippen LogP contribution in [-0.2, 0) is 0 Å². The molecule has 4 N–H and O–H groups in total. The molecule has 4 rings (SSSR count). The highest BCUT2D eigenvalue weighted by atomic mass is 16.5. The molecule has 1 aliphatic carbocycles. The fourth-order valence-corrected chi connectivity index (χ4v) is 2.67. The number of pyridine rings is 1. The third kappa shape index (κ3) is 5.05. The van der Waals surface area contributed by atoms with E-state index >= 15 is 0 Å². The van der Waals surface area contributed by atoms with Crippen LogP contribution in [0.5, 0.6) is 5.75 Å². The number of anilines is 2. The van der Waals surface area contributed by atoms with Gasteiger partial charge < -0.3 is 21.1 Å². The van der Waals surface area contributed by atoms with Gasteiger partial charge in [-0.1, -0.05) is 12.1 Å². The topological polar surface area (TPSA) is 115 Å². The van der Waals surface area contributed by atoms with Gasteiger partial charge in [-0.15, -0.1) is 0 Å². The van der Waals surface area contributed by atoms with Gasteiger partial charge in [0, 0.05) is 37.2 Å². The van der Waals surface area contributed by atoms with Crippen molar-refractivity contribution in [1.82, 2.24) is 15.0 Å². The number of nitrogens with zero attached hydrogens (tertiary/aromatic N) is 3. The summed E-state index contributed by atoms with van der Waals surface area (Å²) in [5.74, 6) is 1.43. The van der Waals surface area contributed by atoms with Gasteiger partial charge in [0.2, 0.25) is 5.95 Å². The number of hydrogen-bond donors (Lipinski definition) is 3. The minimum Gasteiger partial charge on any atom is -0.490 e. The van der Waals surface area contributed by atoms with Crippen molar-refractivity contribution in [3.05, 3.63) is 60.6 Å². The first-order chi connectivity index (χ1) is 14.2. The molecule has 0 saturated heterocycles. The molecule has 1 fully saturated rings. The Morgan fingerprint density at radius 1 is 1.07 bits per heavy atom. The number of carbonyl (C=O) groups is 1. The molecule has 1 amide bonds. The Hall–Kier alpha value is -3.52. The van der Waals surface area contributed by atoms with E-state index in [0.29, 0.717) is 36.5 Å². The van der Waals surface area contributed by atoms with E-state index in [4.69, 9.17) is 10.5 Å². The number of aromatic nitrogens is 3. The highest BCUT2D eigenvalue weighted by molar-refractivity contribution is 6.03. The van der Waals surface area contributed by atoms with Crippen molar-refractivity contribution in [3.8, 4) is 16.9 Å². The summed E-state index contributed by atoms with van der Waals surface area (Å²) in [6, 6.07) is 11.6. The van der Waals surface area contributed by atoms with Crippen molar-refractivity contribution in [1.29, 1.82) is 0 Å². The Morgan fingerprint density at radius 2 is 1.90 bits per heavy atom. The van der Waals surface area contributed by atoms with Crippen LogP contribution in [0.25, 0.3) is 11.1 Å². The monoisotopic (exact) mass is 390 g/mol. The van der Waals surface area contributed by atoms with Gasteiger partial charge in [-0.05, 0) is 42.7 Å². The predicted octanol–water partition coefficient (Wildman–Crippen LogP) is 2.70. The summed E-state index contributed by atoms with van der Waals surface area (Å²) in [6.45, 7) is 1.04. The summed E-state index contributed by atoms with van der Waals surface area (Å²) in [5.41, 5.74) is 7.73. The lowest BCUT2D eigenvalue weighted by Gasteiger charge is -2.08. The maximum Gasteiger partial charge on any atom is 0.259 e. The number of ether oxygens (including phenoxy) is 1. The van der Waals surface area contributed by atoms with Gasteiger partial charge in [-0.2, -0.15) is 0 Å². The molecule has 2 aromatic heterocycles. The summed E-state index contributed by atoms with van der Waals surface area (Å²) in [5, 5.41) is 5.70. The SMILES string of the molecule is NCCNc1ncc(C(=O)Nc2ccc(-c3cccc(OC4CC4)c3)cn2)cn1. The van der Waals surface area contributed by atoms with E-state index < -0.39 is 0 Å². The molecule has 0 spiro atoms. The van der Waals surface area contributed by atoms with Crippen LogP contribution < -0.4 is 21.1 Å². The summed E-state index contributed by atoms with van der Waals surface area (Å²) < 4.78 is 5.84. The van der Waals surface area contributed by atoms with E-state index in [1.54, 1.807) is 12.3 Å². The third-order valence-electron chi connectivity index (χ3n) is 4.34. The first-order valence-electron chi connectivity index (χ1n) is 9.52. The molecule has 3 aromatic rings. The molecule has 1 saturated carbocycles. The number of hydrogen-bond acceptors (Lipinski definition) is 7. The average molecular weight is 390 g/mol. The second-order valence-corrected chi connectivity index (χ2v) is 6.74. The maximum atomic E-state index is 12.4. The number of amides is 1. The van der Waals surface area contributed by atoms with Crippen molar-refractivity contribution in [2.24, 2.45) is 5.73 Å². The highest BCUT2D eigenvalue weighted by Gasteiger charge is 2.23. The Kier molecular flexibility index (Phi) is 5.62. The van der Waals surface area contributed by atoms with Crippen LogP contribution >= 0.6 is 0 Å². The Bertz CT molecular complexity index is 971. The fourth-order valence-electron chi connectivity index (χ4n) is 2.67. The van der Waals surface area contributed by atoms with E-state index in [9.17, 15) is 4.79 Å². The first kappa shape index (κ1) is 18.8. The second-order valence-electron chi connectivity index (χ2n) is 6.74. The molecular formula is C21H22N6O2. The van der Waals surface area contributed by atoms with Gasteiger partial charge in [-0.25, -0.2) is 15.0 Å². The highest BCUT2D eigenvalue weighted by Crippen LogP contribution is 2.29. The van der Waals surface area contributed by atoms with E-state index in [1.165, 1.54) is 12.4 Å². The first-order valence-corrected chi connectivity index (χ1v) is 9.52. The molecule has 1 aromatic carbocycles. The van der Waals surface area contributed by atoms with E-state index in [1.807, 2.05) is 30.3 Å². The van der Waals surface area contributed by atoms with Crippen LogP contribution in [0, 0.1) is 0 Å². The molecule has 2 heterocycles. The zero-order chi connectivity index (χ0) is 20.1. The lowest BCUT2D eigenvalue weighted by molar-refractivity contribution is 0.102. The van der Waals surface area contributed by atoms with Gasteiger partial charge in [0.05, 0.1) is 11.7 Å². The molecule has 8 nitrogen and oxygen atoms in total. The summed E-state index contributed by atoms with van der Waals surface area (Å²) in [4.78, 5) is 24.9. The Morgan fingerprint density at radius 3 is 2.59 bits per heavy atom. The van der Waals surface area contributed by atoms with E-state index in [2.05, 4.69) is 25.6 Å². The molecule has 0 bridgehead atoms. The maximum absolute atomic E-state index is 12.4. The van der Waals surface area contributed by atoms with E-state index in [0.717, 1.165) is 29.7 Å². The zero-order valence-electron chi connectivity index (χ0n) is 15.8. The lowest BCUT2D eigenvalue weighted by atomic mass is 10.1. The average Bonchev–Trinajstić information content (AvgIpc) is 3.57. The molecular weight excluding hydrogens is 368 g/mol. The van der Waals surface area contributed by atoms with Gasteiger partial charge in [0.25, 0.3) is 5.91 Å². The van der Waals surface area contributed by atoms with Crippen molar-refractivity contribution in [2.45, 2.75) is 18.9 Å². The summed E-state index contributed by atoms with van der Waals surface area (Å²) >= 11 is 0.